The fourth-order valence-corrected chi connectivity index (χ4v) is 3.04. The molecule has 0 saturated heterocycles. The Hall–Kier alpha value is -1.74. The molecular formula is C16H21N3. The van der Waals surface area contributed by atoms with Crippen molar-refractivity contribution in [2.45, 2.75) is 32.4 Å². The molecule has 1 aliphatic heterocycles. The van der Waals surface area contributed by atoms with Crippen molar-refractivity contribution in [3.8, 4) is 0 Å². The second-order valence-electron chi connectivity index (χ2n) is 5.44. The van der Waals surface area contributed by atoms with E-state index in [1.54, 1.807) is 0 Å². The maximum atomic E-state index is 6.15. The van der Waals surface area contributed by atoms with Crippen LogP contribution in [0.4, 0.5) is 0 Å². The second kappa shape index (κ2) is 4.74. The Balaban J connectivity index is 1.87. The molecule has 3 heteroatoms. The van der Waals surface area contributed by atoms with Gasteiger partial charge in [-0.25, -0.2) is 0 Å². The van der Waals surface area contributed by atoms with E-state index >= 15 is 0 Å². The minimum absolute atomic E-state index is 0.606. The van der Waals surface area contributed by atoms with Crippen molar-refractivity contribution in [2.24, 2.45) is 11.5 Å². The molecule has 0 bridgehead atoms. The number of nitrogens with zero attached hydrogens (tertiary/aromatic N) is 1. The number of allylic oxidation sites excluding steroid dienone is 2. The van der Waals surface area contributed by atoms with E-state index in [2.05, 4.69) is 29.7 Å². The van der Waals surface area contributed by atoms with Crippen LogP contribution in [0.3, 0.4) is 0 Å². The zero-order valence-electron chi connectivity index (χ0n) is 11.3. The van der Waals surface area contributed by atoms with Crippen LogP contribution in [-0.2, 0) is 19.5 Å². The Morgan fingerprint density at radius 3 is 2.68 bits per heavy atom. The lowest BCUT2D eigenvalue weighted by Gasteiger charge is -2.32. The largest absolute Gasteiger partial charge is 0.397 e. The van der Waals surface area contributed by atoms with Gasteiger partial charge in [-0.1, -0.05) is 24.8 Å². The van der Waals surface area contributed by atoms with Crippen LogP contribution in [0.1, 0.15) is 29.5 Å². The Labute approximate surface area is 114 Å². The van der Waals surface area contributed by atoms with E-state index in [9.17, 15) is 0 Å². The molecule has 1 heterocycles. The van der Waals surface area contributed by atoms with Crippen LogP contribution in [0.5, 0.6) is 0 Å². The van der Waals surface area contributed by atoms with Gasteiger partial charge in [-0.2, -0.15) is 0 Å². The third kappa shape index (κ3) is 2.15. The molecule has 0 saturated carbocycles. The summed E-state index contributed by atoms with van der Waals surface area (Å²) < 4.78 is 0. The van der Waals surface area contributed by atoms with Gasteiger partial charge in [0.2, 0.25) is 0 Å². The number of hydrogen-bond donors (Lipinski definition) is 2. The Bertz CT molecular complexity index is 557. The highest BCUT2D eigenvalue weighted by molar-refractivity contribution is 5.39. The molecule has 3 nitrogen and oxygen atoms in total. The first-order valence-corrected chi connectivity index (χ1v) is 6.91. The maximum Gasteiger partial charge on any atom is 0.0535 e. The van der Waals surface area contributed by atoms with Crippen LogP contribution in [-0.4, -0.2) is 11.4 Å². The third-order valence-electron chi connectivity index (χ3n) is 4.26. The Morgan fingerprint density at radius 2 is 2.00 bits per heavy atom. The lowest BCUT2D eigenvalue weighted by Crippen LogP contribution is -2.30. The number of hydrogen-bond acceptors (Lipinski definition) is 3. The normalized spacial score (nSPS) is 19.0. The predicted octanol–water partition coefficient (Wildman–Crippen LogP) is 2.02. The minimum atomic E-state index is 0.606. The number of benzene rings is 1. The van der Waals surface area contributed by atoms with Crippen LogP contribution < -0.4 is 11.5 Å². The van der Waals surface area contributed by atoms with Gasteiger partial charge < -0.3 is 16.4 Å². The molecule has 2 aliphatic rings. The van der Waals surface area contributed by atoms with Crippen molar-refractivity contribution in [1.29, 1.82) is 0 Å². The van der Waals surface area contributed by atoms with Crippen LogP contribution in [0, 0.1) is 0 Å². The standard InChI is InChI=1S/C16H21N3/c1-11-2-5-15(16(11)18)19-7-6-13-4-3-12(9-17)8-14(13)10-19/h3-4,8H,1-2,5-7,9-10,17-18H2. The zero-order valence-corrected chi connectivity index (χ0v) is 11.3. The summed E-state index contributed by atoms with van der Waals surface area (Å²) in [6.45, 7) is 6.64. The van der Waals surface area contributed by atoms with Gasteiger partial charge in [0.15, 0.2) is 0 Å². The van der Waals surface area contributed by atoms with Crippen LogP contribution in [0.2, 0.25) is 0 Å². The first kappa shape index (κ1) is 12.3. The smallest absolute Gasteiger partial charge is 0.0535 e. The lowest BCUT2D eigenvalue weighted by atomic mass is 9.97. The second-order valence-corrected chi connectivity index (χ2v) is 5.44. The summed E-state index contributed by atoms with van der Waals surface area (Å²) >= 11 is 0. The summed E-state index contributed by atoms with van der Waals surface area (Å²) in [6, 6.07) is 6.60. The van der Waals surface area contributed by atoms with Crippen molar-refractivity contribution in [2.75, 3.05) is 6.54 Å². The van der Waals surface area contributed by atoms with Crippen molar-refractivity contribution in [3.05, 3.63) is 58.4 Å². The van der Waals surface area contributed by atoms with Gasteiger partial charge in [-0.3, -0.25) is 0 Å². The SMILES string of the molecule is C=C1CCC(N2CCc3ccc(CN)cc3C2)=C1N. The highest BCUT2D eigenvalue weighted by Gasteiger charge is 2.24. The van der Waals surface area contributed by atoms with E-state index in [0.29, 0.717) is 6.54 Å². The molecule has 0 spiro atoms. The summed E-state index contributed by atoms with van der Waals surface area (Å²) in [6.07, 6.45) is 3.13. The average molecular weight is 255 g/mol. The first-order chi connectivity index (χ1) is 9.19. The van der Waals surface area contributed by atoms with Crippen molar-refractivity contribution < 1.29 is 0 Å². The minimum Gasteiger partial charge on any atom is -0.397 e. The summed E-state index contributed by atoms with van der Waals surface area (Å²) in [7, 11) is 0. The molecule has 4 N–H and O–H groups in total. The number of rotatable bonds is 2. The van der Waals surface area contributed by atoms with E-state index < -0.39 is 0 Å². The first-order valence-electron chi connectivity index (χ1n) is 6.91. The fraction of sp³-hybridized carbons (Fsp3) is 0.375. The summed E-state index contributed by atoms with van der Waals surface area (Å²) in [5.41, 5.74) is 19.2. The highest BCUT2D eigenvalue weighted by atomic mass is 15.1. The van der Waals surface area contributed by atoms with Crippen molar-refractivity contribution in [3.63, 3.8) is 0 Å². The van der Waals surface area contributed by atoms with Gasteiger partial charge in [0.1, 0.15) is 0 Å². The third-order valence-corrected chi connectivity index (χ3v) is 4.26. The molecule has 19 heavy (non-hydrogen) atoms. The molecule has 0 radical (unpaired) electrons. The highest BCUT2D eigenvalue weighted by Crippen LogP contribution is 2.32. The molecule has 1 aromatic rings. The summed E-state index contributed by atoms with van der Waals surface area (Å²) in [5, 5.41) is 0. The monoisotopic (exact) mass is 255 g/mol. The van der Waals surface area contributed by atoms with E-state index in [1.165, 1.54) is 22.4 Å². The van der Waals surface area contributed by atoms with E-state index in [-0.39, 0.29) is 0 Å². The molecule has 3 rings (SSSR count). The maximum absolute atomic E-state index is 6.15. The predicted molar refractivity (Wildman–Crippen MR) is 78.0 cm³/mol. The number of fused-ring (bicyclic) bond motifs is 1. The molecule has 0 fully saturated rings. The topological polar surface area (TPSA) is 55.3 Å². The van der Waals surface area contributed by atoms with E-state index in [0.717, 1.165) is 43.6 Å². The number of nitrogens with two attached hydrogens (primary N) is 2. The molecule has 0 aromatic heterocycles. The van der Waals surface area contributed by atoms with E-state index in [1.807, 2.05) is 0 Å². The quantitative estimate of drug-likeness (QED) is 0.850. The average Bonchev–Trinajstić information content (AvgIpc) is 2.78. The molecule has 100 valence electrons. The van der Waals surface area contributed by atoms with Crippen molar-refractivity contribution in [1.82, 2.24) is 4.90 Å². The van der Waals surface area contributed by atoms with Crippen LogP contribution >= 0.6 is 0 Å². The Morgan fingerprint density at radius 1 is 1.16 bits per heavy atom. The molecule has 0 atom stereocenters. The van der Waals surface area contributed by atoms with Crippen LogP contribution in [0.25, 0.3) is 0 Å². The summed E-state index contributed by atoms with van der Waals surface area (Å²) in [4.78, 5) is 2.41. The molecule has 1 aromatic carbocycles. The van der Waals surface area contributed by atoms with Gasteiger partial charge in [0.05, 0.1) is 5.70 Å². The van der Waals surface area contributed by atoms with Gasteiger partial charge in [0.25, 0.3) is 0 Å². The zero-order chi connectivity index (χ0) is 13.4. The van der Waals surface area contributed by atoms with Gasteiger partial charge in [0, 0.05) is 25.3 Å². The summed E-state index contributed by atoms with van der Waals surface area (Å²) in [5.74, 6) is 0. The molecular weight excluding hydrogens is 234 g/mol. The molecule has 1 aliphatic carbocycles. The Kier molecular flexibility index (Phi) is 3.07. The molecule has 0 unspecified atom stereocenters. The van der Waals surface area contributed by atoms with Crippen LogP contribution in [0.15, 0.2) is 41.7 Å². The fourth-order valence-electron chi connectivity index (χ4n) is 3.04. The van der Waals surface area contributed by atoms with Gasteiger partial charge in [-0.15, -0.1) is 0 Å². The van der Waals surface area contributed by atoms with Gasteiger partial charge in [-0.05, 0) is 41.5 Å². The molecule has 0 amide bonds. The lowest BCUT2D eigenvalue weighted by molar-refractivity contribution is 0.312. The van der Waals surface area contributed by atoms with Crippen molar-refractivity contribution >= 4 is 0 Å². The van der Waals surface area contributed by atoms with Gasteiger partial charge >= 0.3 is 0 Å². The van der Waals surface area contributed by atoms with E-state index in [4.69, 9.17) is 11.5 Å².